The number of benzene rings is 1. The average Bonchev–Trinajstić information content (AvgIpc) is 2.87. The fraction of sp³-hybridized carbons (Fsp3) is 0.0909. The number of nitrogens with one attached hydrogen (secondary N) is 1. The molecule has 21 heavy (non-hydrogen) atoms. The zero-order valence-electron chi connectivity index (χ0n) is 10.7. The number of nitrogens with zero attached hydrogens (tertiary/aromatic N) is 2. The largest absolute Gasteiger partial charge is 0.409 e. The minimum Gasteiger partial charge on any atom is -0.409 e. The van der Waals surface area contributed by atoms with Gasteiger partial charge in [-0.25, -0.2) is 13.4 Å². The number of amidine groups is 1. The summed E-state index contributed by atoms with van der Waals surface area (Å²) in [5, 5.41) is 12.3. The number of thiazole rings is 1. The SMILES string of the molecule is Cc1ncc(S(=O)(=O)Nc2ccc(Br)cc2/C(N)=N/O)s1. The summed E-state index contributed by atoms with van der Waals surface area (Å²) >= 11 is 4.30. The predicted octanol–water partition coefficient (Wildman–Crippen LogP) is 2.11. The Labute approximate surface area is 133 Å². The second-order valence-electron chi connectivity index (χ2n) is 3.98. The highest BCUT2D eigenvalue weighted by Crippen LogP contribution is 2.25. The third-order valence-electron chi connectivity index (χ3n) is 2.47. The van der Waals surface area contributed by atoms with Gasteiger partial charge in [-0.3, -0.25) is 4.72 Å². The molecule has 1 aromatic heterocycles. The van der Waals surface area contributed by atoms with E-state index in [0.29, 0.717) is 9.48 Å². The van der Waals surface area contributed by atoms with Crippen LogP contribution in [0.15, 0.2) is 38.2 Å². The van der Waals surface area contributed by atoms with Crippen molar-refractivity contribution in [3.05, 3.63) is 39.4 Å². The number of hydrogen-bond donors (Lipinski definition) is 3. The van der Waals surface area contributed by atoms with Gasteiger partial charge in [0.1, 0.15) is 0 Å². The van der Waals surface area contributed by atoms with Gasteiger partial charge < -0.3 is 10.9 Å². The van der Waals surface area contributed by atoms with E-state index in [1.807, 2.05) is 0 Å². The van der Waals surface area contributed by atoms with Crippen molar-refractivity contribution in [3.8, 4) is 0 Å². The van der Waals surface area contributed by atoms with Gasteiger partial charge in [0.15, 0.2) is 10.0 Å². The summed E-state index contributed by atoms with van der Waals surface area (Å²) in [6.45, 7) is 1.71. The van der Waals surface area contributed by atoms with E-state index in [2.05, 4.69) is 30.8 Å². The Hall–Kier alpha value is -1.65. The molecule has 0 aliphatic heterocycles. The van der Waals surface area contributed by atoms with Crippen molar-refractivity contribution < 1.29 is 13.6 Å². The topological polar surface area (TPSA) is 118 Å². The maximum absolute atomic E-state index is 12.3. The first-order valence-electron chi connectivity index (χ1n) is 5.56. The van der Waals surface area contributed by atoms with Gasteiger partial charge >= 0.3 is 0 Å². The number of sulfonamides is 1. The minimum atomic E-state index is -3.77. The summed E-state index contributed by atoms with van der Waals surface area (Å²) < 4.78 is 27.7. The molecule has 0 bridgehead atoms. The van der Waals surface area contributed by atoms with Crippen LogP contribution in [0, 0.1) is 6.92 Å². The molecule has 0 saturated carbocycles. The second-order valence-corrected chi connectivity index (χ2v) is 8.04. The van der Waals surface area contributed by atoms with E-state index in [4.69, 9.17) is 10.9 Å². The van der Waals surface area contributed by atoms with Crippen molar-refractivity contribution >= 4 is 48.8 Å². The Balaban J connectivity index is 2.44. The van der Waals surface area contributed by atoms with Crippen molar-refractivity contribution in [1.82, 2.24) is 4.98 Å². The average molecular weight is 391 g/mol. The Morgan fingerprint density at radius 1 is 1.52 bits per heavy atom. The first kappa shape index (κ1) is 15.7. The zero-order chi connectivity index (χ0) is 15.6. The van der Waals surface area contributed by atoms with Crippen LogP contribution in [0.2, 0.25) is 0 Å². The van der Waals surface area contributed by atoms with Crippen LogP contribution in [0.1, 0.15) is 10.6 Å². The molecule has 10 heteroatoms. The number of anilines is 1. The van der Waals surface area contributed by atoms with E-state index in [-0.39, 0.29) is 21.3 Å². The van der Waals surface area contributed by atoms with E-state index in [1.165, 1.54) is 12.3 Å². The van der Waals surface area contributed by atoms with Crippen molar-refractivity contribution in [2.24, 2.45) is 10.9 Å². The van der Waals surface area contributed by atoms with Crippen LogP contribution in [-0.4, -0.2) is 24.4 Å². The highest BCUT2D eigenvalue weighted by atomic mass is 79.9. The molecule has 1 heterocycles. The lowest BCUT2D eigenvalue weighted by molar-refractivity contribution is 0.318. The van der Waals surface area contributed by atoms with Gasteiger partial charge in [-0.2, -0.15) is 0 Å². The van der Waals surface area contributed by atoms with E-state index >= 15 is 0 Å². The number of rotatable bonds is 4. The van der Waals surface area contributed by atoms with Crippen LogP contribution in [0.3, 0.4) is 0 Å². The first-order chi connectivity index (χ1) is 9.83. The lowest BCUT2D eigenvalue weighted by atomic mass is 10.2. The van der Waals surface area contributed by atoms with Crippen molar-refractivity contribution in [2.75, 3.05) is 4.72 Å². The summed E-state index contributed by atoms with van der Waals surface area (Å²) in [7, 11) is -3.77. The Morgan fingerprint density at radius 3 is 2.81 bits per heavy atom. The maximum Gasteiger partial charge on any atom is 0.273 e. The number of nitrogens with two attached hydrogens (primary N) is 1. The number of halogens is 1. The molecule has 1 aromatic carbocycles. The predicted molar refractivity (Wildman–Crippen MR) is 84.3 cm³/mol. The highest BCUT2D eigenvalue weighted by molar-refractivity contribution is 9.10. The summed E-state index contributed by atoms with van der Waals surface area (Å²) in [5.41, 5.74) is 6.03. The lowest BCUT2D eigenvalue weighted by Crippen LogP contribution is -2.19. The highest BCUT2D eigenvalue weighted by Gasteiger charge is 2.20. The smallest absolute Gasteiger partial charge is 0.273 e. The van der Waals surface area contributed by atoms with Crippen LogP contribution >= 0.6 is 27.3 Å². The van der Waals surface area contributed by atoms with Crippen molar-refractivity contribution in [2.45, 2.75) is 11.1 Å². The van der Waals surface area contributed by atoms with E-state index in [9.17, 15) is 8.42 Å². The van der Waals surface area contributed by atoms with Gasteiger partial charge in [-0.05, 0) is 25.1 Å². The summed E-state index contributed by atoms with van der Waals surface area (Å²) in [4.78, 5) is 3.92. The van der Waals surface area contributed by atoms with Gasteiger partial charge in [-0.15, -0.1) is 11.3 Å². The standard InChI is InChI=1S/C11H11BrN4O3S2/c1-6-14-5-10(20-6)21(18,19)16-9-3-2-7(12)4-8(9)11(13)15-17/h2-5,16-17H,1H3,(H2,13,15). The summed E-state index contributed by atoms with van der Waals surface area (Å²) in [5.74, 6) is -0.200. The quantitative estimate of drug-likeness (QED) is 0.319. The molecule has 2 aromatic rings. The van der Waals surface area contributed by atoms with Gasteiger partial charge in [0, 0.05) is 10.0 Å². The molecule has 0 saturated heterocycles. The molecule has 0 aliphatic carbocycles. The molecule has 0 amide bonds. The monoisotopic (exact) mass is 390 g/mol. The molecule has 0 unspecified atom stereocenters. The van der Waals surface area contributed by atoms with Crippen molar-refractivity contribution in [1.29, 1.82) is 0 Å². The fourth-order valence-electron chi connectivity index (χ4n) is 1.53. The zero-order valence-corrected chi connectivity index (χ0v) is 14.0. The molecule has 2 rings (SSSR count). The number of hydrogen-bond acceptors (Lipinski definition) is 6. The Kier molecular flexibility index (Phi) is 4.49. The molecular formula is C11H11BrN4O3S2. The van der Waals surface area contributed by atoms with Crippen molar-refractivity contribution in [3.63, 3.8) is 0 Å². The maximum atomic E-state index is 12.3. The van der Waals surface area contributed by atoms with E-state index < -0.39 is 10.0 Å². The lowest BCUT2D eigenvalue weighted by Gasteiger charge is -2.11. The van der Waals surface area contributed by atoms with E-state index in [0.717, 1.165) is 11.3 Å². The van der Waals surface area contributed by atoms with Crippen LogP contribution in [0.25, 0.3) is 0 Å². The van der Waals surface area contributed by atoms with Crippen LogP contribution < -0.4 is 10.5 Å². The molecule has 0 radical (unpaired) electrons. The first-order valence-corrected chi connectivity index (χ1v) is 8.65. The molecule has 112 valence electrons. The van der Waals surface area contributed by atoms with E-state index in [1.54, 1.807) is 19.1 Å². The normalized spacial score (nSPS) is 12.4. The van der Waals surface area contributed by atoms with Gasteiger partial charge in [0.25, 0.3) is 10.0 Å². The third-order valence-corrected chi connectivity index (χ3v) is 5.71. The van der Waals surface area contributed by atoms with Crippen LogP contribution in [0.4, 0.5) is 5.69 Å². The Bertz CT molecular complexity index is 802. The molecule has 7 nitrogen and oxygen atoms in total. The molecular weight excluding hydrogens is 380 g/mol. The number of aromatic nitrogens is 1. The summed E-state index contributed by atoms with van der Waals surface area (Å²) in [6.07, 6.45) is 1.28. The van der Waals surface area contributed by atoms with Crippen LogP contribution in [-0.2, 0) is 10.0 Å². The molecule has 4 N–H and O–H groups in total. The second kappa shape index (κ2) is 6.00. The number of oxime groups is 1. The van der Waals surface area contributed by atoms with Crippen LogP contribution in [0.5, 0.6) is 0 Å². The third kappa shape index (κ3) is 3.52. The summed E-state index contributed by atoms with van der Waals surface area (Å²) in [6, 6.07) is 4.71. The minimum absolute atomic E-state index is 0.0911. The Morgan fingerprint density at radius 2 is 2.24 bits per heavy atom. The van der Waals surface area contributed by atoms with Gasteiger partial charge in [0.2, 0.25) is 0 Å². The molecule has 0 aliphatic rings. The molecule has 0 fully saturated rings. The van der Waals surface area contributed by atoms with Gasteiger partial charge in [0.05, 0.1) is 16.9 Å². The molecule has 0 spiro atoms. The number of aryl methyl sites for hydroxylation is 1. The van der Waals surface area contributed by atoms with Gasteiger partial charge in [-0.1, -0.05) is 21.1 Å². The molecule has 0 atom stereocenters. The fourth-order valence-corrected chi connectivity index (χ4v) is 4.08.